The summed E-state index contributed by atoms with van der Waals surface area (Å²) in [5.74, 6) is 0.566. The standard InChI is InChI=1S/C29H46F3N7O4/c1-4-38-15-37(3)26(33)19-9-10-39(27(19)38)28-25(41)24(40)22(42-28)14-36(2)17-11-16(12-17)5-8-23-34-20-7-6-18(13-21(20)35-23)43-29(30,31)32/h6-7,13,16-17,19,22-28,34-35,40-41H,4-5,8-12,14-15,33H2,1-3H3/t16-,17+,19?,22-,23?,24-,25-,26?,27?,28-/m1/s1. The van der Waals surface area contributed by atoms with Crippen LogP contribution in [0.1, 0.15) is 39.0 Å². The number of aliphatic hydroxyl groups excluding tert-OH is 2. The van der Waals surface area contributed by atoms with Crippen molar-refractivity contribution in [3.05, 3.63) is 18.2 Å². The van der Waals surface area contributed by atoms with E-state index in [1.165, 1.54) is 12.1 Å². The van der Waals surface area contributed by atoms with E-state index < -0.39 is 30.9 Å². The Hall–Kier alpha value is -1.91. The molecule has 3 saturated heterocycles. The number of nitrogens with one attached hydrogen (secondary N) is 2. The number of hydrogen-bond donors (Lipinski definition) is 5. The van der Waals surface area contributed by atoms with Gasteiger partial charge in [0.05, 0.1) is 36.5 Å². The summed E-state index contributed by atoms with van der Waals surface area (Å²) in [6.45, 7) is 5.07. The van der Waals surface area contributed by atoms with Crippen LogP contribution in [0.3, 0.4) is 0 Å². The molecule has 43 heavy (non-hydrogen) atoms. The number of benzene rings is 1. The third-order valence-corrected chi connectivity index (χ3v) is 10.3. The van der Waals surface area contributed by atoms with E-state index in [4.69, 9.17) is 10.5 Å². The number of aliphatic hydroxyl groups is 2. The van der Waals surface area contributed by atoms with Crippen molar-refractivity contribution >= 4 is 11.4 Å². The first-order chi connectivity index (χ1) is 20.4. The molecule has 0 radical (unpaired) electrons. The van der Waals surface area contributed by atoms with Crippen molar-refractivity contribution in [1.29, 1.82) is 0 Å². The molecule has 4 fully saturated rings. The van der Waals surface area contributed by atoms with Crippen molar-refractivity contribution in [2.24, 2.45) is 17.6 Å². The van der Waals surface area contributed by atoms with Crippen LogP contribution in [0.2, 0.25) is 0 Å². The molecule has 4 heterocycles. The SMILES string of the molecule is CCN1CN(C)C(N)C2CCN([C@@H]3O[C@H](CN(C)[C@H]4C[C@@H](CCC5Nc6ccc(OC(F)(F)F)cc6N5)C4)[C@@H](O)[C@H]3O)C21. The number of hydrogen-bond acceptors (Lipinski definition) is 11. The summed E-state index contributed by atoms with van der Waals surface area (Å²) >= 11 is 0. The lowest BCUT2D eigenvalue weighted by Crippen LogP contribution is -2.65. The summed E-state index contributed by atoms with van der Waals surface area (Å²) in [4.78, 5) is 8.99. The monoisotopic (exact) mass is 613 g/mol. The fourth-order valence-electron chi connectivity index (χ4n) is 7.82. The molecule has 5 aliphatic rings. The summed E-state index contributed by atoms with van der Waals surface area (Å²) < 4.78 is 48.1. The Bertz CT molecular complexity index is 1130. The molecule has 1 aromatic rings. The lowest BCUT2D eigenvalue weighted by Gasteiger charge is -2.49. The Morgan fingerprint density at radius 3 is 2.60 bits per heavy atom. The van der Waals surface area contributed by atoms with E-state index in [9.17, 15) is 23.4 Å². The van der Waals surface area contributed by atoms with Gasteiger partial charge in [-0.1, -0.05) is 6.92 Å². The quantitative estimate of drug-likeness (QED) is 0.281. The van der Waals surface area contributed by atoms with E-state index in [2.05, 4.69) is 48.9 Å². The van der Waals surface area contributed by atoms with E-state index in [-0.39, 0.29) is 30.2 Å². The Morgan fingerprint density at radius 2 is 1.88 bits per heavy atom. The highest BCUT2D eigenvalue weighted by molar-refractivity contribution is 5.75. The summed E-state index contributed by atoms with van der Waals surface area (Å²) in [5, 5.41) is 28.6. The van der Waals surface area contributed by atoms with Crippen LogP contribution in [-0.2, 0) is 4.74 Å². The largest absolute Gasteiger partial charge is 0.573 e. The minimum Gasteiger partial charge on any atom is -0.406 e. The number of fused-ring (bicyclic) bond motifs is 2. The molecule has 242 valence electrons. The highest BCUT2D eigenvalue weighted by Gasteiger charge is 2.54. The molecule has 0 spiro atoms. The Labute approximate surface area is 251 Å². The second kappa shape index (κ2) is 12.1. The zero-order valence-corrected chi connectivity index (χ0v) is 25.1. The van der Waals surface area contributed by atoms with E-state index in [1.807, 2.05) is 7.05 Å². The molecular weight excluding hydrogens is 567 g/mol. The minimum atomic E-state index is -4.72. The molecule has 0 bridgehead atoms. The molecular formula is C29H46F3N7O4. The van der Waals surface area contributed by atoms with Crippen molar-refractivity contribution in [3.8, 4) is 5.75 Å². The fraction of sp³-hybridized carbons (Fsp3) is 0.793. The van der Waals surface area contributed by atoms with Gasteiger partial charge in [-0.3, -0.25) is 14.7 Å². The van der Waals surface area contributed by atoms with Crippen LogP contribution in [-0.4, -0.2) is 126 Å². The first-order valence-electron chi connectivity index (χ1n) is 15.5. The third kappa shape index (κ3) is 6.30. The molecule has 6 N–H and O–H groups in total. The maximum atomic E-state index is 12.5. The van der Waals surface area contributed by atoms with Gasteiger partial charge in [0.1, 0.15) is 30.3 Å². The van der Waals surface area contributed by atoms with Crippen LogP contribution in [0, 0.1) is 11.8 Å². The summed E-state index contributed by atoms with van der Waals surface area (Å²) in [6.07, 6.45) is -2.88. The number of nitrogens with two attached hydrogens (primary N) is 1. The van der Waals surface area contributed by atoms with Gasteiger partial charge in [-0.25, -0.2) is 0 Å². The Balaban J connectivity index is 0.952. The van der Waals surface area contributed by atoms with Gasteiger partial charge >= 0.3 is 6.36 Å². The Morgan fingerprint density at radius 1 is 1.14 bits per heavy atom. The third-order valence-electron chi connectivity index (χ3n) is 10.3. The van der Waals surface area contributed by atoms with Gasteiger partial charge in [0, 0.05) is 31.1 Å². The minimum absolute atomic E-state index is 0.0405. The molecule has 4 unspecified atom stereocenters. The Kier molecular flexibility index (Phi) is 8.76. The van der Waals surface area contributed by atoms with Gasteiger partial charge in [-0.05, 0) is 70.8 Å². The van der Waals surface area contributed by atoms with Crippen molar-refractivity contribution in [1.82, 2.24) is 19.6 Å². The lowest BCUT2D eigenvalue weighted by molar-refractivity contribution is -0.274. The summed E-state index contributed by atoms with van der Waals surface area (Å²) in [6, 6.07) is 4.66. The van der Waals surface area contributed by atoms with Crippen LogP contribution in [0.25, 0.3) is 0 Å². The smallest absolute Gasteiger partial charge is 0.406 e. The predicted octanol–water partition coefficient (Wildman–Crippen LogP) is 1.84. The molecule has 0 aromatic heterocycles. The van der Waals surface area contributed by atoms with Crippen molar-refractivity contribution < 1.29 is 32.9 Å². The molecule has 1 aliphatic carbocycles. The van der Waals surface area contributed by atoms with Crippen LogP contribution in [0.5, 0.6) is 5.75 Å². The van der Waals surface area contributed by atoms with E-state index in [0.717, 1.165) is 57.5 Å². The number of rotatable bonds is 9. The topological polar surface area (TPSA) is 122 Å². The molecule has 11 nitrogen and oxygen atoms in total. The van der Waals surface area contributed by atoms with Crippen LogP contribution >= 0.6 is 0 Å². The predicted molar refractivity (Wildman–Crippen MR) is 155 cm³/mol. The zero-order chi connectivity index (χ0) is 30.6. The van der Waals surface area contributed by atoms with Gasteiger partial charge in [-0.2, -0.15) is 0 Å². The average Bonchev–Trinajstić information content (AvgIpc) is 3.61. The molecule has 1 aromatic carbocycles. The van der Waals surface area contributed by atoms with Crippen molar-refractivity contribution in [3.63, 3.8) is 0 Å². The van der Waals surface area contributed by atoms with Gasteiger partial charge in [0.15, 0.2) is 0 Å². The second-order valence-electron chi connectivity index (χ2n) is 13.0. The van der Waals surface area contributed by atoms with Crippen molar-refractivity contribution in [2.45, 2.75) is 94.5 Å². The van der Waals surface area contributed by atoms with Gasteiger partial charge < -0.3 is 41.0 Å². The zero-order valence-electron chi connectivity index (χ0n) is 25.1. The molecule has 8 atom stereocenters. The lowest BCUT2D eigenvalue weighted by atomic mass is 9.76. The van der Waals surface area contributed by atoms with E-state index in [1.54, 1.807) is 6.07 Å². The van der Waals surface area contributed by atoms with Crippen molar-refractivity contribution in [2.75, 3.05) is 51.0 Å². The normalized spacial score (nSPS) is 38.5. The van der Waals surface area contributed by atoms with Crippen LogP contribution in [0.4, 0.5) is 24.5 Å². The fourth-order valence-corrected chi connectivity index (χ4v) is 7.82. The number of ether oxygens (including phenoxy) is 2. The highest BCUT2D eigenvalue weighted by Crippen LogP contribution is 2.41. The number of anilines is 2. The van der Waals surface area contributed by atoms with Gasteiger partial charge in [0.25, 0.3) is 0 Å². The number of likely N-dealkylation sites (N-methyl/N-ethyl adjacent to an activating group) is 1. The molecule has 0 amide bonds. The maximum Gasteiger partial charge on any atom is 0.573 e. The van der Waals surface area contributed by atoms with Crippen LogP contribution in [0.15, 0.2) is 18.2 Å². The molecule has 1 saturated carbocycles. The van der Waals surface area contributed by atoms with Gasteiger partial charge in [-0.15, -0.1) is 13.2 Å². The number of halogens is 3. The molecule has 14 heteroatoms. The van der Waals surface area contributed by atoms with E-state index in [0.29, 0.717) is 24.2 Å². The summed E-state index contributed by atoms with van der Waals surface area (Å²) in [7, 11) is 4.10. The van der Waals surface area contributed by atoms with E-state index >= 15 is 0 Å². The molecule has 4 aliphatic heterocycles. The number of nitrogens with zero attached hydrogens (tertiary/aromatic N) is 4. The van der Waals surface area contributed by atoms with Gasteiger partial charge in [0.2, 0.25) is 0 Å². The second-order valence-corrected chi connectivity index (χ2v) is 13.0. The first kappa shape index (κ1) is 31.1. The average molecular weight is 614 g/mol. The molecule has 6 rings (SSSR count). The number of likely N-dealkylation sites (tertiary alicyclic amines) is 1. The summed E-state index contributed by atoms with van der Waals surface area (Å²) in [5.41, 5.74) is 7.91. The maximum absolute atomic E-state index is 12.5. The first-order valence-corrected chi connectivity index (χ1v) is 15.5. The highest BCUT2D eigenvalue weighted by atomic mass is 19.4. The van der Waals surface area contributed by atoms with Crippen LogP contribution < -0.4 is 21.1 Å². The number of alkyl halides is 3.